The summed E-state index contributed by atoms with van der Waals surface area (Å²) in [4.78, 5) is 25.7. The van der Waals surface area contributed by atoms with E-state index in [1.807, 2.05) is 43.4 Å². The molecule has 0 spiro atoms. The number of fused-ring (bicyclic) bond motifs is 1. The van der Waals surface area contributed by atoms with Gasteiger partial charge in [-0.2, -0.15) is 0 Å². The van der Waals surface area contributed by atoms with Gasteiger partial charge in [-0.25, -0.2) is 0 Å². The summed E-state index contributed by atoms with van der Waals surface area (Å²) in [5.74, 6) is 0.0896. The lowest BCUT2D eigenvalue weighted by Crippen LogP contribution is -2.21. The van der Waals surface area contributed by atoms with Crippen LogP contribution in [-0.4, -0.2) is 37.7 Å². The number of hydrogen-bond acceptors (Lipinski definition) is 3. The van der Waals surface area contributed by atoms with Crippen LogP contribution >= 0.6 is 0 Å². The van der Waals surface area contributed by atoms with Crippen molar-refractivity contribution in [2.24, 2.45) is 0 Å². The zero-order valence-electron chi connectivity index (χ0n) is 12.2. The van der Waals surface area contributed by atoms with Gasteiger partial charge in [0, 0.05) is 38.5 Å². The third-order valence-electron chi connectivity index (χ3n) is 3.43. The molecule has 1 N–H and O–H groups in total. The van der Waals surface area contributed by atoms with E-state index < -0.39 is 0 Å². The second-order valence-corrected chi connectivity index (χ2v) is 5.29. The van der Waals surface area contributed by atoms with E-state index in [1.54, 1.807) is 7.05 Å². The third-order valence-corrected chi connectivity index (χ3v) is 3.43. The van der Waals surface area contributed by atoms with Crippen molar-refractivity contribution < 1.29 is 9.59 Å². The maximum absolute atomic E-state index is 12.4. The third kappa shape index (κ3) is 3.07. The molecule has 1 aromatic rings. The predicted molar refractivity (Wildman–Crippen MR) is 78.6 cm³/mol. The Morgan fingerprint density at radius 2 is 2.10 bits per heavy atom. The van der Waals surface area contributed by atoms with Gasteiger partial charge in [-0.15, -0.1) is 0 Å². The van der Waals surface area contributed by atoms with Crippen LogP contribution in [0.25, 0.3) is 0 Å². The minimum atomic E-state index is -0.0136. The summed E-state index contributed by atoms with van der Waals surface area (Å²) in [5, 5.41) is 2.61. The number of Topliss-reactive ketones (excluding diaryl/α,β-unsaturated/α-hetero) is 1. The van der Waals surface area contributed by atoms with Crippen molar-refractivity contribution in [1.82, 2.24) is 10.2 Å². The van der Waals surface area contributed by atoms with E-state index >= 15 is 0 Å². The van der Waals surface area contributed by atoms with Gasteiger partial charge in [-0.1, -0.05) is 18.2 Å². The summed E-state index contributed by atoms with van der Waals surface area (Å²) in [6.45, 7) is 0. The van der Waals surface area contributed by atoms with Crippen molar-refractivity contribution in [2.45, 2.75) is 19.3 Å². The number of allylic oxidation sites excluding steroid dienone is 1. The molecule has 0 aromatic heterocycles. The van der Waals surface area contributed by atoms with Crippen LogP contribution in [0.3, 0.4) is 0 Å². The summed E-state index contributed by atoms with van der Waals surface area (Å²) in [6, 6.07) is 5.69. The molecule has 0 saturated carbocycles. The van der Waals surface area contributed by atoms with Gasteiger partial charge in [0.1, 0.15) is 0 Å². The molecule has 0 radical (unpaired) electrons. The predicted octanol–water partition coefficient (Wildman–Crippen LogP) is 1.55. The number of rotatable bonds is 3. The molecule has 1 aromatic carbocycles. The summed E-state index contributed by atoms with van der Waals surface area (Å²) < 4.78 is 0. The standard InChI is InChI=1S/C16H20N2O2/c1-17-15(19)9-11-4-7-14-12(8-11)5-6-13(16(14)20)10-18(2)3/h4,7-8,10H,5-6,9H2,1-3H3,(H,17,19). The van der Waals surface area contributed by atoms with Crippen LogP contribution in [0.2, 0.25) is 0 Å². The highest BCUT2D eigenvalue weighted by atomic mass is 16.1. The fourth-order valence-electron chi connectivity index (χ4n) is 2.45. The van der Waals surface area contributed by atoms with E-state index in [9.17, 15) is 9.59 Å². The average molecular weight is 272 g/mol. The Bertz CT molecular complexity index is 574. The average Bonchev–Trinajstić information content (AvgIpc) is 2.41. The van der Waals surface area contributed by atoms with Crippen molar-refractivity contribution in [3.8, 4) is 0 Å². The molecule has 0 fully saturated rings. The first-order valence-corrected chi connectivity index (χ1v) is 6.75. The van der Waals surface area contributed by atoms with Gasteiger partial charge >= 0.3 is 0 Å². The molecule has 0 atom stereocenters. The zero-order chi connectivity index (χ0) is 14.7. The molecule has 4 heteroatoms. The topological polar surface area (TPSA) is 49.4 Å². The van der Waals surface area contributed by atoms with E-state index in [1.165, 1.54) is 0 Å². The lowest BCUT2D eigenvalue weighted by Gasteiger charge is -2.19. The summed E-state index contributed by atoms with van der Waals surface area (Å²) in [6.07, 6.45) is 3.86. The van der Waals surface area contributed by atoms with Gasteiger partial charge in [0.05, 0.1) is 6.42 Å². The highest BCUT2D eigenvalue weighted by Crippen LogP contribution is 2.26. The Morgan fingerprint density at radius 1 is 1.35 bits per heavy atom. The Hall–Kier alpha value is -2.10. The SMILES string of the molecule is CNC(=O)Cc1ccc2c(c1)CCC(=CN(C)C)C2=O. The molecule has 106 valence electrons. The molecule has 2 rings (SSSR count). The molecule has 0 saturated heterocycles. The molecular weight excluding hydrogens is 252 g/mol. The summed E-state index contributed by atoms with van der Waals surface area (Å²) in [7, 11) is 5.47. The van der Waals surface area contributed by atoms with Crippen LogP contribution in [0, 0.1) is 0 Å². The smallest absolute Gasteiger partial charge is 0.224 e. The maximum atomic E-state index is 12.4. The number of nitrogens with one attached hydrogen (secondary N) is 1. The number of likely N-dealkylation sites (N-methyl/N-ethyl adjacent to an activating group) is 1. The van der Waals surface area contributed by atoms with Gasteiger partial charge < -0.3 is 10.2 Å². The van der Waals surface area contributed by atoms with Gasteiger partial charge in [-0.05, 0) is 24.0 Å². The second kappa shape index (κ2) is 5.90. The molecule has 1 aliphatic rings. The molecular formula is C16H20N2O2. The van der Waals surface area contributed by atoms with Gasteiger partial charge in [0.25, 0.3) is 0 Å². The Morgan fingerprint density at radius 3 is 2.75 bits per heavy atom. The molecule has 1 amide bonds. The fourth-order valence-corrected chi connectivity index (χ4v) is 2.45. The van der Waals surface area contributed by atoms with Crippen LogP contribution in [0.5, 0.6) is 0 Å². The van der Waals surface area contributed by atoms with Crippen LogP contribution in [-0.2, 0) is 17.6 Å². The highest BCUT2D eigenvalue weighted by molar-refractivity contribution is 6.10. The quantitative estimate of drug-likeness (QED) is 0.849. The van der Waals surface area contributed by atoms with Crippen molar-refractivity contribution in [3.05, 3.63) is 46.7 Å². The Labute approximate surface area is 119 Å². The largest absolute Gasteiger partial charge is 0.383 e. The van der Waals surface area contributed by atoms with Gasteiger partial charge in [-0.3, -0.25) is 9.59 Å². The first-order chi connectivity index (χ1) is 9.51. The number of amides is 1. The summed E-state index contributed by atoms with van der Waals surface area (Å²) in [5.41, 5.74) is 3.62. The number of aryl methyl sites for hydroxylation is 1. The molecule has 0 heterocycles. The van der Waals surface area contributed by atoms with E-state index in [-0.39, 0.29) is 11.7 Å². The molecule has 4 nitrogen and oxygen atoms in total. The van der Waals surface area contributed by atoms with Gasteiger partial charge in [0.2, 0.25) is 5.91 Å². The first-order valence-electron chi connectivity index (χ1n) is 6.75. The number of carbonyl (C=O) groups is 2. The van der Waals surface area contributed by atoms with E-state index in [0.29, 0.717) is 6.42 Å². The molecule has 0 unspecified atom stereocenters. The minimum absolute atomic E-state index is 0.0136. The molecule has 0 bridgehead atoms. The maximum Gasteiger partial charge on any atom is 0.224 e. The van der Waals surface area contributed by atoms with Crippen LogP contribution in [0.4, 0.5) is 0 Å². The first kappa shape index (κ1) is 14.3. The minimum Gasteiger partial charge on any atom is -0.383 e. The van der Waals surface area contributed by atoms with Crippen LogP contribution < -0.4 is 5.32 Å². The number of hydrogen-bond donors (Lipinski definition) is 1. The second-order valence-electron chi connectivity index (χ2n) is 5.29. The van der Waals surface area contributed by atoms with Crippen molar-refractivity contribution in [2.75, 3.05) is 21.1 Å². The van der Waals surface area contributed by atoms with E-state index in [4.69, 9.17) is 0 Å². The van der Waals surface area contributed by atoms with Crippen molar-refractivity contribution >= 4 is 11.7 Å². The Kier molecular flexibility index (Phi) is 4.23. The van der Waals surface area contributed by atoms with Crippen LogP contribution in [0.15, 0.2) is 30.0 Å². The fraction of sp³-hybridized carbons (Fsp3) is 0.375. The van der Waals surface area contributed by atoms with Gasteiger partial charge in [0.15, 0.2) is 5.78 Å². The number of benzene rings is 1. The number of nitrogens with zero attached hydrogens (tertiary/aromatic N) is 1. The molecule has 0 aliphatic heterocycles. The summed E-state index contributed by atoms with van der Waals surface area (Å²) >= 11 is 0. The highest BCUT2D eigenvalue weighted by Gasteiger charge is 2.22. The molecule has 20 heavy (non-hydrogen) atoms. The van der Waals surface area contributed by atoms with Crippen LogP contribution in [0.1, 0.15) is 27.9 Å². The number of carbonyl (C=O) groups excluding carboxylic acids is 2. The zero-order valence-corrected chi connectivity index (χ0v) is 12.2. The monoisotopic (exact) mass is 272 g/mol. The lowest BCUT2D eigenvalue weighted by molar-refractivity contribution is -0.119. The van der Waals surface area contributed by atoms with Crippen molar-refractivity contribution in [3.63, 3.8) is 0 Å². The lowest BCUT2D eigenvalue weighted by atomic mass is 9.86. The van der Waals surface area contributed by atoms with E-state index in [0.717, 1.165) is 35.1 Å². The van der Waals surface area contributed by atoms with E-state index in [2.05, 4.69) is 5.32 Å². The molecule has 1 aliphatic carbocycles. The van der Waals surface area contributed by atoms with Crippen molar-refractivity contribution in [1.29, 1.82) is 0 Å². The number of ketones is 1. The normalized spacial score (nSPS) is 15.9. The Balaban J connectivity index is 2.26.